The number of fused-ring (bicyclic) bond motifs is 6. The third kappa shape index (κ3) is 2.63. The van der Waals surface area contributed by atoms with Crippen molar-refractivity contribution in [3.05, 3.63) is 51.3 Å². The minimum atomic E-state index is -0.503. The number of aryl methyl sites for hydroxylation is 2. The van der Waals surface area contributed by atoms with Crippen molar-refractivity contribution in [2.45, 2.75) is 13.0 Å². The van der Waals surface area contributed by atoms with E-state index in [4.69, 9.17) is 16.3 Å². The summed E-state index contributed by atoms with van der Waals surface area (Å²) in [7, 11) is 1.66. The fraction of sp³-hybridized carbons (Fsp3) is 0.304. The van der Waals surface area contributed by atoms with Crippen molar-refractivity contribution >= 4 is 39.2 Å². The van der Waals surface area contributed by atoms with E-state index < -0.39 is 5.82 Å². The summed E-state index contributed by atoms with van der Waals surface area (Å²) in [5.74, 6) is 0.141. The summed E-state index contributed by atoms with van der Waals surface area (Å²) in [5, 5.41) is 4.28. The van der Waals surface area contributed by atoms with E-state index in [1.807, 2.05) is 19.1 Å². The number of aromatic amines is 1. The van der Waals surface area contributed by atoms with Gasteiger partial charge in [-0.15, -0.1) is 0 Å². The molecule has 0 radical (unpaired) electrons. The first-order chi connectivity index (χ1) is 15.5. The van der Waals surface area contributed by atoms with E-state index in [1.165, 1.54) is 4.57 Å². The number of ether oxygens (including phenoxy) is 1. The Morgan fingerprint density at radius 2 is 2.16 bits per heavy atom. The molecule has 0 aliphatic carbocycles. The van der Waals surface area contributed by atoms with Crippen molar-refractivity contribution in [3.8, 4) is 16.9 Å². The smallest absolute Gasteiger partial charge is 0.326 e. The molecule has 32 heavy (non-hydrogen) atoms. The number of hydrogen-bond acceptors (Lipinski definition) is 5. The number of pyridine rings is 1. The van der Waals surface area contributed by atoms with Crippen molar-refractivity contribution in [1.82, 2.24) is 19.9 Å². The number of benzene rings is 2. The van der Waals surface area contributed by atoms with Crippen LogP contribution in [0.4, 0.5) is 10.1 Å². The van der Waals surface area contributed by atoms with Crippen LogP contribution >= 0.6 is 11.6 Å². The van der Waals surface area contributed by atoms with Gasteiger partial charge < -0.3 is 19.9 Å². The minimum absolute atomic E-state index is 0.175. The Labute approximate surface area is 187 Å². The summed E-state index contributed by atoms with van der Waals surface area (Å²) in [6.45, 7) is 4.89. The van der Waals surface area contributed by atoms with Crippen LogP contribution in [0.5, 0.6) is 5.75 Å². The average Bonchev–Trinajstić information content (AvgIpc) is 3.08. The van der Waals surface area contributed by atoms with Gasteiger partial charge in [0.2, 0.25) is 0 Å². The Morgan fingerprint density at radius 1 is 1.31 bits per heavy atom. The first-order valence-corrected chi connectivity index (χ1v) is 10.9. The highest BCUT2D eigenvalue weighted by Gasteiger charge is 2.33. The molecule has 0 unspecified atom stereocenters. The number of aromatic nitrogens is 3. The second kappa shape index (κ2) is 6.95. The highest BCUT2D eigenvalue weighted by Crippen LogP contribution is 2.45. The predicted molar refractivity (Wildman–Crippen MR) is 123 cm³/mol. The molecule has 0 spiro atoms. The van der Waals surface area contributed by atoms with Crippen molar-refractivity contribution in [3.63, 3.8) is 0 Å². The monoisotopic (exact) mass is 453 g/mol. The van der Waals surface area contributed by atoms with Gasteiger partial charge in [-0.1, -0.05) is 17.7 Å². The number of nitrogens with zero attached hydrogens (tertiary/aromatic N) is 3. The van der Waals surface area contributed by atoms with E-state index in [1.54, 1.807) is 19.3 Å². The second-order valence-electron chi connectivity index (χ2n) is 8.42. The summed E-state index contributed by atoms with van der Waals surface area (Å²) < 4.78 is 23.6. The lowest BCUT2D eigenvalue weighted by Crippen LogP contribution is -2.55. The molecule has 2 aliphatic rings. The number of hydrogen-bond donors (Lipinski definition) is 2. The summed E-state index contributed by atoms with van der Waals surface area (Å²) in [5.41, 5.74) is 3.70. The van der Waals surface area contributed by atoms with Crippen LogP contribution in [-0.4, -0.2) is 46.8 Å². The van der Waals surface area contributed by atoms with Crippen molar-refractivity contribution in [2.24, 2.45) is 7.05 Å². The largest absolute Gasteiger partial charge is 0.488 e. The standard InChI is InChI=1S/C23H21ClFN5O2/c1-11-3-4-15-22(29(2)23(31)28-15)17(11)18-14(24)7-13-20(19(18)25)27-9-16-21(13)30-6-5-26-8-12(30)10-32-16/h3-4,7,9,12,26H,5-6,8,10H2,1-2H3,(H,28,31)/t12-/m1/s1. The first kappa shape index (κ1) is 19.6. The molecule has 2 aromatic heterocycles. The number of piperazine rings is 1. The molecule has 2 aliphatic heterocycles. The van der Waals surface area contributed by atoms with Gasteiger partial charge in [0.1, 0.15) is 12.1 Å². The molecule has 4 heterocycles. The van der Waals surface area contributed by atoms with Crippen LogP contribution in [0.2, 0.25) is 5.02 Å². The predicted octanol–water partition coefficient (Wildman–Crippen LogP) is 3.35. The number of nitrogens with one attached hydrogen (secondary N) is 2. The van der Waals surface area contributed by atoms with Crippen molar-refractivity contribution < 1.29 is 9.13 Å². The molecule has 1 fully saturated rings. The third-order valence-corrected chi connectivity index (χ3v) is 6.88. The number of rotatable bonds is 1. The van der Waals surface area contributed by atoms with Crippen LogP contribution in [0.3, 0.4) is 0 Å². The molecule has 9 heteroatoms. The van der Waals surface area contributed by atoms with Gasteiger partial charge in [0.05, 0.1) is 34.0 Å². The molecule has 4 aromatic rings. The van der Waals surface area contributed by atoms with Crippen LogP contribution in [0, 0.1) is 12.7 Å². The quantitative estimate of drug-likeness (QED) is 0.462. The fourth-order valence-corrected chi connectivity index (χ4v) is 5.30. The Hall–Kier alpha value is -3.10. The van der Waals surface area contributed by atoms with Crippen LogP contribution in [0.15, 0.2) is 29.2 Å². The maximum Gasteiger partial charge on any atom is 0.326 e. The van der Waals surface area contributed by atoms with Gasteiger partial charge in [0.15, 0.2) is 11.6 Å². The zero-order valence-corrected chi connectivity index (χ0v) is 18.4. The summed E-state index contributed by atoms with van der Waals surface area (Å²) in [6.07, 6.45) is 1.59. The number of imidazole rings is 1. The lowest BCUT2D eigenvalue weighted by molar-refractivity contribution is 0.247. The normalized spacial score (nSPS) is 18.0. The minimum Gasteiger partial charge on any atom is -0.488 e. The molecule has 6 rings (SSSR count). The van der Waals surface area contributed by atoms with E-state index in [-0.39, 0.29) is 27.8 Å². The summed E-state index contributed by atoms with van der Waals surface area (Å²) >= 11 is 6.76. The van der Waals surface area contributed by atoms with Gasteiger partial charge in [-0.2, -0.15) is 0 Å². The van der Waals surface area contributed by atoms with Gasteiger partial charge in [-0.25, -0.2) is 14.2 Å². The number of halogens is 2. The molecule has 1 saturated heterocycles. The molecule has 2 aromatic carbocycles. The average molecular weight is 454 g/mol. The van der Waals surface area contributed by atoms with Crippen LogP contribution < -0.4 is 20.6 Å². The van der Waals surface area contributed by atoms with Gasteiger partial charge in [-0.3, -0.25) is 4.57 Å². The van der Waals surface area contributed by atoms with E-state index in [0.717, 1.165) is 30.9 Å². The van der Waals surface area contributed by atoms with Crippen LogP contribution in [0.1, 0.15) is 5.56 Å². The molecule has 0 amide bonds. The molecule has 7 nitrogen and oxygen atoms in total. The molecule has 164 valence electrons. The van der Waals surface area contributed by atoms with Crippen LogP contribution in [0.25, 0.3) is 33.1 Å². The first-order valence-electron chi connectivity index (χ1n) is 10.5. The van der Waals surface area contributed by atoms with E-state index in [9.17, 15) is 4.79 Å². The molecule has 1 atom stereocenters. The maximum atomic E-state index is 16.1. The van der Waals surface area contributed by atoms with Gasteiger partial charge in [0, 0.05) is 43.2 Å². The lowest BCUT2D eigenvalue weighted by atomic mass is 9.95. The van der Waals surface area contributed by atoms with Gasteiger partial charge in [-0.05, 0) is 24.6 Å². The summed E-state index contributed by atoms with van der Waals surface area (Å²) in [6, 6.07) is 5.62. The SMILES string of the molecule is Cc1ccc2[nH]c(=O)n(C)c2c1-c1c(Cl)cc2c3c(cnc2c1F)OC[C@H]1CNCCN31. The fourth-order valence-electron chi connectivity index (χ4n) is 5.01. The summed E-state index contributed by atoms with van der Waals surface area (Å²) in [4.78, 5) is 21.7. The van der Waals surface area contributed by atoms with Gasteiger partial charge >= 0.3 is 5.69 Å². The van der Waals surface area contributed by atoms with E-state index in [2.05, 4.69) is 20.2 Å². The van der Waals surface area contributed by atoms with E-state index in [0.29, 0.717) is 34.3 Å². The topological polar surface area (TPSA) is 75.2 Å². The molecular weight excluding hydrogens is 433 g/mol. The van der Waals surface area contributed by atoms with Crippen LogP contribution in [-0.2, 0) is 7.05 Å². The number of anilines is 1. The zero-order valence-electron chi connectivity index (χ0n) is 17.6. The highest BCUT2D eigenvalue weighted by atomic mass is 35.5. The van der Waals surface area contributed by atoms with Crippen molar-refractivity contribution in [2.75, 3.05) is 31.1 Å². The third-order valence-electron chi connectivity index (χ3n) is 6.58. The Balaban J connectivity index is 1.66. The Bertz CT molecular complexity index is 1480. The zero-order chi connectivity index (χ0) is 22.1. The maximum absolute atomic E-state index is 16.1. The van der Waals surface area contributed by atoms with Crippen molar-refractivity contribution in [1.29, 1.82) is 0 Å². The molecule has 0 saturated carbocycles. The number of H-pyrrole nitrogens is 1. The molecular formula is C23H21ClFN5O2. The lowest BCUT2D eigenvalue weighted by Gasteiger charge is -2.42. The Morgan fingerprint density at radius 3 is 3.00 bits per heavy atom. The van der Waals surface area contributed by atoms with Gasteiger partial charge in [0.25, 0.3) is 0 Å². The molecule has 2 N–H and O–H groups in total. The van der Waals surface area contributed by atoms with E-state index >= 15 is 4.39 Å². The highest BCUT2D eigenvalue weighted by molar-refractivity contribution is 6.35. The Kier molecular flexibility index (Phi) is 4.25. The molecule has 0 bridgehead atoms. The second-order valence-corrected chi connectivity index (χ2v) is 8.83.